The van der Waals surface area contributed by atoms with Gasteiger partial charge in [-0.1, -0.05) is 6.07 Å². The van der Waals surface area contributed by atoms with Gasteiger partial charge in [0.25, 0.3) is 5.91 Å². The zero-order valence-corrected chi connectivity index (χ0v) is 17.3. The van der Waals surface area contributed by atoms with Crippen molar-refractivity contribution in [2.45, 2.75) is 11.4 Å². The van der Waals surface area contributed by atoms with Crippen molar-refractivity contribution in [1.29, 1.82) is 0 Å². The summed E-state index contributed by atoms with van der Waals surface area (Å²) >= 11 is 3.10. The van der Waals surface area contributed by atoms with Crippen LogP contribution in [-0.2, 0) is 6.54 Å². The second-order valence-corrected chi connectivity index (χ2v) is 8.80. The van der Waals surface area contributed by atoms with Crippen molar-refractivity contribution >= 4 is 34.9 Å². The lowest BCUT2D eigenvalue weighted by molar-refractivity contribution is 0.0966. The maximum Gasteiger partial charge on any atom is 0.251 e. The SMILES string of the molecule is O=C1NCc2cc(-c3ccc(-c4cncc(NSc5ccc(F)cc5)c4)s3)ccc21. The molecule has 1 aliphatic rings. The second kappa shape index (κ2) is 7.93. The highest BCUT2D eigenvalue weighted by molar-refractivity contribution is 8.00. The van der Waals surface area contributed by atoms with E-state index in [0.29, 0.717) is 6.54 Å². The molecule has 0 atom stereocenters. The van der Waals surface area contributed by atoms with Crippen LogP contribution in [0.25, 0.3) is 20.9 Å². The van der Waals surface area contributed by atoms with E-state index < -0.39 is 0 Å². The van der Waals surface area contributed by atoms with E-state index in [1.54, 1.807) is 29.7 Å². The number of anilines is 1. The van der Waals surface area contributed by atoms with Crippen molar-refractivity contribution in [2.75, 3.05) is 4.72 Å². The molecule has 1 aliphatic heterocycles. The zero-order chi connectivity index (χ0) is 20.5. The van der Waals surface area contributed by atoms with Gasteiger partial charge in [0.2, 0.25) is 0 Å². The number of nitrogens with zero attached hydrogens (tertiary/aromatic N) is 1. The highest BCUT2D eigenvalue weighted by Crippen LogP contribution is 2.36. The van der Waals surface area contributed by atoms with Crippen molar-refractivity contribution in [3.63, 3.8) is 0 Å². The van der Waals surface area contributed by atoms with Crippen LogP contribution >= 0.6 is 23.3 Å². The van der Waals surface area contributed by atoms with Crippen LogP contribution in [0.4, 0.5) is 10.1 Å². The number of carbonyl (C=O) groups is 1. The Hall–Kier alpha value is -3.16. The first-order valence-electron chi connectivity index (χ1n) is 9.31. The van der Waals surface area contributed by atoms with E-state index in [-0.39, 0.29) is 11.7 Å². The number of fused-ring (bicyclic) bond motifs is 1. The Labute approximate surface area is 181 Å². The van der Waals surface area contributed by atoms with Crippen LogP contribution in [0.2, 0.25) is 0 Å². The number of nitrogens with one attached hydrogen (secondary N) is 2. The Balaban J connectivity index is 1.34. The summed E-state index contributed by atoms with van der Waals surface area (Å²) in [6.07, 6.45) is 3.60. The Bertz CT molecular complexity index is 1240. The molecular weight excluding hydrogens is 417 g/mol. The van der Waals surface area contributed by atoms with Crippen molar-refractivity contribution in [2.24, 2.45) is 0 Å². The predicted molar refractivity (Wildman–Crippen MR) is 120 cm³/mol. The lowest BCUT2D eigenvalue weighted by Crippen LogP contribution is -2.12. The average Bonchev–Trinajstić information content (AvgIpc) is 3.41. The molecule has 5 rings (SSSR count). The fourth-order valence-electron chi connectivity index (χ4n) is 3.28. The van der Waals surface area contributed by atoms with E-state index >= 15 is 0 Å². The van der Waals surface area contributed by atoms with Crippen LogP contribution in [0.1, 0.15) is 15.9 Å². The quantitative estimate of drug-likeness (QED) is 0.380. The van der Waals surface area contributed by atoms with Gasteiger partial charge in [-0.25, -0.2) is 4.39 Å². The molecule has 2 aromatic heterocycles. The van der Waals surface area contributed by atoms with E-state index in [1.807, 2.05) is 24.4 Å². The summed E-state index contributed by atoms with van der Waals surface area (Å²) < 4.78 is 16.3. The van der Waals surface area contributed by atoms with Gasteiger partial charge in [0.15, 0.2) is 0 Å². The molecule has 0 saturated carbocycles. The van der Waals surface area contributed by atoms with E-state index in [1.165, 1.54) is 24.1 Å². The Morgan fingerprint density at radius 2 is 1.77 bits per heavy atom. The fourth-order valence-corrected chi connectivity index (χ4v) is 4.89. The number of carbonyl (C=O) groups excluding carboxylic acids is 1. The minimum Gasteiger partial charge on any atom is -0.348 e. The van der Waals surface area contributed by atoms with Crippen LogP contribution < -0.4 is 10.0 Å². The monoisotopic (exact) mass is 433 g/mol. The molecule has 3 heterocycles. The van der Waals surface area contributed by atoms with Gasteiger partial charge in [0.1, 0.15) is 5.82 Å². The van der Waals surface area contributed by atoms with Gasteiger partial charge in [0, 0.05) is 38.5 Å². The van der Waals surface area contributed by atoms with Crippen LogP contribution in [0.3, 0.4) is 0 Å². The molecule has 4 aromatic rings. The number of amides is 1. The predicted octanol–water partition coefficient (Wildman–Crippen LogP) is 5.98. The molecule has 0 saturated heterocycles. The summed E-state index contributed by atoms with van der Waals surface area (Å²) in [5.41, 5.74) is 4.80. The van der Waals surface area contributed by atoms with Gasteiger partial charge < -0.3 is 10.0 Å². The van der Waals surface area contributed by atoms with Gasteiger partial charge in [0.05, 0.1) is 11.9 Å². The molecule has 1 amide bonds. The third-order valence-electron chi connectivity index (χ3n) is 4.80. The fraction of sp³-hybridized carbons (Fsp3) is 0.0435. The molecule has 30 heavy (non-hydrogen) atoms. The number of hydrogen-bond donors (Lipinski definition) is 2. The first kappa shape index (κ1) is 18.8. The van der Waals surface area contributed by atoms with Gasteiger partial charge >= 0.3 is 0 Å². The largest absolute Gasteiger partial charge is 0.348 e. The summed E-state index contributed by atoms with van der Waals surface area (Å²) in [6.45, 7) is 0.587. The molecule has 0 fully saturated rings. The van der Waals surface area contributed by atoms with Crippen molar-refractivity contribution in [3.8, 4) is 20.9 Å². The van der Waals surface area contributed by atoms with Crippen LogP contribution in [-0.4, -0.2) is 10.9 Å². The number of rotatable bonds is 5. The summed E-state index contributed by atoms with van der Waals surface area (Å²) in [6, 6.07) is 18.5. The molecule has 0 aliphatic carbocycles. The standard InChI is InChI=1S/C23H16FN3OS2/c24-17-2-4-19(5-3-17)30-27-18-10-16(11-25-13-18)22-8-7-21(29-22)14-1-6-20-15(9-14)12-26-23(20)28/h1-11,13,27H,12H2,(H,26,28). The highest BCUT2D eigenvalue weighted by atomic mass is 32.2. The van der Waals surface area contributed by atoms with Crippen LogP contribution in [0.5, 0.6) is 0 Å². The van der Waals surface area contributed by atoms with Gasteiger partial charge in [-0.3, -0.25) is 9.78 Å². The molecule has 0 bridgehead atoms. The molecule has 2 aromatic carbocycles. The topological polar surface area (TPSA) is 54.0 Å². The van der Waals surface area contributed by atoms with Crippen LogP contribution in [0.15, 0.2) is 78.0 Å². The lowest BCUT2D eigenvalue weighted by atomic mass is 10.1. The minimum atomic E-state index is -0.247. The van der Waals surface area contributed by atoms with E-state index in [0.717, 1.165) is 42.6 Å². The normalized spacial score (nSPS) is 12.5. The van der Waals surface area contributed by atoms with Crippen molar-refractivity contribution < 1.29 is 9.18 Å². The Morgan fingerprint density at radius 1 is 0.967 bits per heavy atom. The maximum absolute atomic E-state index is 13.0. The third kappa shape index (κ3) is 3.81. The third-order valence-corrected chi connectivity index (χ3v) is 6.83. The summed E-state index contributed by atoms with van der Waals surface area (Å²) in [5, 5.41) is 2.86. The molecule has 0 spiro atoms. The van der Waals surface area contributed by atoms with Crippen molar-refractivity contribution in [1.82, 2.24) is 10.3 Å². The number of aromatic nitrogens is 1. The second-order valence-electron chi connectivity index (χ2n) is 6.84. The van der Waals surface area contributed by atoms with Gasteiger partial charge in [-0.05, 0) is 77.7 Å². The number of halogens is 1. The first-order chi connectivity index (χ1) is 14.7. The number of pyridine rings is 1. The van der Waals surface area contributed by atoms with E-state index in [9.17, 15) is 9.18 Å². The lowest BCUT2D eigenvalue weighted by Gasteiger charge is -2.06. The van der Waals surface area contributed by atoms with E-state index in [4.69, 9.17) is 0 Å². The summed E-state index contributed by atoms with van der Waals surface area (Å²) in [4.78, 5) is 19.3. The molecule has 7 heteroatoms. The number of hydrogen-bond acceptors (Lipinski definition) is 5. The smallest absolute Gasteiger partial charge is 0.251 e. The first-order valence-corrected chi connectivity index (χ1v) is 10.9. The molecular formula is C23H16FN3OS2. The maximum atomic E-state index is 13.0. The molecule has 4 nitrogen and oxygen atoms in total. The Kier molecular flexibility index (Phi) is 4.98. The zero-order valence-electron chi connectivity index (χ0n) is 15.7. The molecule has 148 valence electrons. The number of thiophene rings is 1. The van der Waals surface area contributed by atoms with Crippen molar-refractivity contribution in [3.05, 3.63) is 90.0 Å². The average molecular weight is 434 g/mol. The summed E-state index contributed by atoms with van der Waals surface area (Å²) in [5.74, 6) is -0.250. The number of benzene rings is 2. The summed E-state index contributed by atoms with van der Waals surface area (Å²) in [7, 11) is 0. The molecule has 0 radical (unpaired) electrons. The minimum absolute atomic E-state index is 0.00249. The molecule has 2 N–H and O–H groups in total. The Morgan fingerprint density at radius 3 is 2.60 bits per heavy atom. The van der Waals surface area contributed by atoms with Gasteiger partial charge in [-0.2, -0.15) is 0 Å². The highest BCUT2D eigenvalue weighted by Gasteiger charge is 2.19. The van der Waals surface area contributed by atoms with Gasteiger partial charge in [-0.15, -0.1) is 11.3 Å². The molecule has 0 unspecified atom stereocenters. The van der Waals surface area contributed by atoms with E-state index in [2.05, 4.69) is 33.2 Å². The van der Waals surface area contributed by atoms with Crippen LogP contribution in [0, 0.1) is 5.82 Å².